The summed E-state index contributed by atoms with van der Waals surface area (Å²) in [5.74, 6) is -9.05. The van der Waals surface area contributed by atoms with Gasteiger partial charge in [0.25, 0.3) is 29.4 Å². The van der Waals surface area contributed by atoms with Gasteiger partial charge in [-0.3, -0.25) is 19.0 Å². The van der Waals surface area contributed by atoms with Crippen LogP contribution >= 0.6 is 0 Å². The lowest BCUT2D eigenvalue weighted by atomic mass is 10.0. The summed E-state index contributed by atoms with van der Waals surface area (Å²) in [6.45, 7) is 3.95. The third-order valence-corrected chi connectivity index (χ3v) is 3.75. The molecule has 1 unspecified atom stereocenters. The molecule has 16 heteroatoms. The second-order valence-corrected chi connectivity index (χ2v) is 6.34. The first-order chi connectivity index (χ1) is 14.7. The number of carbonyl (C=O) groups excluding carboxylic acids is 1. The van der Waals surface area contributed by atoms with E-state index >= 15 is 0 Å². The number of carbonyl (C=O) groups is 3. The Bertz CT molecular complexity index is 955. The molecule has 9 N–H and O–H groups in total. The van der Waals surface area contributed by atoms with Crippen LogP contribution in [-0.2, 0) is 19.1 Å². The summed E-state index contributed by atoms with van der Waals surface area (Å²) in [5.41, 5.74) is 5.86. The molecule has 0 radical (unpaired) electrons. The van der Waals surface area contributed by atoms with Crippen LogP contribution in [0.15, 0.2) is 12.7 Å². The van der Waals surface area contributed by atoms with E-state index in [0.717, 1.165) is 31.1 Å². The number of amides is 1. The van der Waals surface area contributed by atoms with Crippen LogP contribution in [0.3, 0.4) is 0 Å². The molecule has 178 valence electrons. The van der Waals surface area contributed by atoms with Crippen molar-refractivity contribution in [2.24, 2.45) is 0 Å². The highest BCUT2D eigenvalue weighted by Gasteiger charge is 2.68. The van der Waals surface area contributed by atoms with E-state index in [4.69, 9.17) is 30.3 Å². The quantitative estimate of drug-likeness (QED) is 0.212. The molecule has 3 heterocycles. The number of nitrogens with zero attached hydrogens (tertiary/aromatic N) is 4. The summed E-state index contributed by atoms with van der Waals surface area (Å²) in [5, 5.41) is 57.7. The van der Waals surface area contributed by atoms with Gasteiger partial charge in [0.2, 0.25) is 0 Å². The fourth-order valence-electron chi connectivity index (χ4n) is 2.51. The molecule has 0 saturated carbocycles. The Labute approximate surface area is 179 Å². The summed E-state index contributed by atoms with van der Waals surface area (Å²) < 4.78 is 6.23. The average Bonchev–Trinajstić information content (AvgIpc) is 3.13. The first-order valence-electron chi connectivity index (χ1n) is 8.83. The molecule has 1 amide bonds. The number of likely N-dealkylation sites (N-methyl/N-ethyl adjacent to an activating group) is 1. The van der Waals surface area contributed by atoms with E-state index in [9.17, 15) is 25.2 Å². The molecule has 2 aromatic heterocycles. The Balaban J connectivity index is 0.000000554. The number of fused-ring (bicyclic) bond motifs is 1. The number of carboxylic acid groups (broad SMARTS) is 2. The van der Waals surface area contributed by atoms with E-state index in [1.54, 1.807) is 6.92 Å². The number of nitrogens with one attached hydrogen (secondary N) is 1. The molecule has 0 aromatic carbocycles. The number of carboxylic acids is 2. The summed E-state index contributed by atoms with van der Waals surface area (Å²) in [6.07, 6.45) is -1.50. The summed E-state index contributed by atoms with van der Waals surface area (Å²) in [6, 6.07) is 0. The predicted molar refractivity (Wildman–Crippen MR) is 103 cm³/mol. The molecule has 16 nitrogen and oxygen atoms in total. The van der Waals surface area contributed by atoms with Gasteiger partial charge in [0, 0.05) is 20.4 Å². The van der Waals surface area contributed by atoms with Crippen LogP contribution in [0.25, 0.3) is 11.2 Å². The number of anilines is 1. The summed E-state index contributed by atoms with van der Waals surface area (Å²) in [7, 11) is 0. The molecule has 0 spiro atoms. The van der Waals surface area contributed by atoms with Gasteiger partial charge in [-0.2, -0.15) is 0 Å². The number of aliphatic carboxylic acids is 2. The molecule has 1 aliphatic heterocycles. The molecule has 3 rings (SSSR count). The van der Waals surface area contributed by atoms with Crippen molar-refractivity contribution in [3.63, 3.8) is 0 Å². The van der Waals surface area contributed by atoms with Crippen molar-refractivity contribution in [3.05, 3.63) is 12.7 Å². The fourth-order valence-corrected chi connectivity index (χ4v) is 2.51. The number of hydrogen-bond donors (Lipinski definition) is 8. The SMILES string of the molecule is CC(=O)O.CC(=O)O.CCNC(=O)[C@H]1OC(n2cnc3c(N)ncnc32)C(O)(O)C1(O)O. The number of ether oxygens (including phenoxy) is 1. The average molecular weight is 460 g/mol. The Morgan fingerprint density at radius 3 is 2.12 bits per heavy atom. The third kappa shape index (κ3) is 5.62. The van der Waals surface area contributed by atoms with Gasteiger partial charge in [-0.25, -0.2) is 15.0 Å². The molecular weight excluding hydrogens is 436 g/mol. The zero-order valence-electron chi connectivity index (χ0n) is 17.2. The Hall–Kier alpha value is -3.44. The van der Waals surface area contributed by atoms with Crippen LogP contribution in [0, 0.1) is 0 Å². The topological polar surface area (TPSA) is 263 Å². The van der Waals surface area contributed by atoms with Crippen molar-refractivity contribution in [3.8, 4) is 0 Å². The van der Waals surface area contributed by atoms with Crippen LogP contribution in [0.2, 0.25) is 0 Å². The number of aromatic nitrogens is 4. The van der Waals surface area contributed by atoms with E-state index < -0.39 is 41.8 Å². The van der Waals surface area contributed by atoms with Crippen LogP contribution < -0.4 is 11.1 Å². The van der Waals surface area contributed by atoms with Gasteiger partial charge in [0.1, 0.15) is 11.8 Å². The number of aliphatic hydroxyl groups is 4. The number of rotatable bonds is 3. The number of hydrogen-bond acceptors (Lipinski definition) is 12. The van der Waals surface area contributed by atoms with Crippen LogP contribution in [-0.4, -0.2) is 92.2 Å². The standard InChI is InChI=1S/C12H16N6O6.2C2H4O2/c1-2-14-9(19)6-11(20,21)12(22,23)10(24-6)18-4-17-5-7(13)15-3-16-8(5)18;2*1-2(3)4/h3-4,6,10,20-23H,2H2,1H3,(H,14,19)(H2,13,15,16);2*1H3,(H,3,4)/t6-,10?;;/m1../s1. The van der Waals surface area contributed by atoms with E-state index in [2.05, 4.69) is 20.3 Å². The van der Waals surface area contributed by atoms with Gasteiger partial charge >= 0.3 is 0 Å². The minimum atomic E-state index is -3.27. The lowest BCUT2D eigenvalue weighted by Gasteiger charge is -2.31. The molecule has 0 aliphatic carbocycles. The van der Waals surface area contributed by atoms with Crippen molar-refractivity contribution in [2.45, 2.75) is 44.7 Å². The van der Waals surface area contributed by atoms with Gasteiger partial charge in [-0.1, -0.05) is 0 Å². The van der Waals surface area contributed by atoms with Crippen molar-refractivity contribution < 1.29 is 49.8 Å². The van der Waals surface area contributed by atoms with Crippen LogP contribution in [0.4, 0.5) is 5.82 Å². The monoisotopic (exact) mass is 460 g/mol. The minimum Gasteiger partial charge on any atom is -0.481 e. The second kappa shape index (κ2) is 10.2. The van der Waals surface area contributed by atoms with Gasteiger partial charge in [0.05, 0.1) is 6.33 Å². The van der Waals surface area contributed by atoms with E-state index in [1.807, 2.05) is 0 Å². The second-order valence-electron chi connectivity index (χ2n) is 6.34. The predicted octanol–water partition coefficient (Wildman–Crippen LogP) is -3.01. The maximum Gasteiger partial charge on any atom is 0.300 e. The lowest BCUT2D eigenvalue weighted by Crippen LogP contribution is -2.61. The number of nitrogen functional groups attached to an aromatic ring is 1. The van der Waals surface area contributed by atoms with E-state index in [1.165, 1.54) is 0 Å². The Morgan fingerprint density at radius 2 is 1.62 bits per heavy atom. The smallest absolute Gasteiger partial charge is 0.300 e. The van der Waals surface area contributed by atoms with Gasteiger partial charge < -0.3 is 46.4 Å². The summed E-state index contributed by atoms with van der Waals surface area (Å²) >= 11 is 0. The normalized spacial score (nSPS) is 20.3. The zero-order valence-corrected chi connectivity index (χ0v) is 17.2. The molecule has 1 saturated heterocycles. The molecule has 32 heavy (non-hydrogen) atoms. The largest absolute Gasteiger partial charge is 0.481 e. The maximum absolute atomic E-state index is 11.9. The fraction of sp³-hybridized carbons (Fsp3) is 0.500. The lowest BCUT2D eigenvalue weighted by molar-refractivity contribution is -0.351. The minimum absolute atomic E-state index is 0.0396. The summed E-state index contributed by atoms with van der Waals surface area (Å²) in [4.78, 5) is 41.5. The molecule has 1 fully saturated rings. The van der Waals surface area contributed by atoms with Crippen LogP contribution in [0.5, 0.6) is 0 Å². The molecule has 2 aromatic rings. The van der Waals surface area contributed by atoms with E-state index in [-0.39, 0.29) is 23.5 Å². The maximum atomic E-state index is 11.9. The molecular formula is C16H24N6O10. The number of imidazole rings is 1. The van der Waals surface area contributed by atoms with Gasteiger partial charge in [-0.05, 0) is 6.92 Å². The number of nitrogens with two attached hydrogens (primary N) is 1. The van der Waals surface area contributed by atoms with Crippen molar-refractivity contribution in [1.29, 1.82) is 0 Å². The molecule has 1 aliphatic rings. The zero-order chi connectivity index (χ0) is 24.9. The third-order valence-electron chi connectivity index (χ3n) is 3.75. The first-order valence-corrected chi connectivity index (χ1v) is 8.83. The van der Waals surface area contributed by atoms with Crippen molar-refractivity contribution in [1.82, 2.24) is 24.8 Å². The van der Waals surface area contributed by atoms with Gasteiger partial charge in [0.15, 0.2) is 23.8 Å². The highest BCUT2D eigenvalue weighted by atomic mass is 16.7. The van der Waals surface area contributed by atoms with Crippen LogP contribution in [0.1, 0.15) is 27.0 Å². The van der Waals surface area contributed by atoms with Crippen molar-refractivity contribution in [2.75, 3.05) is 12.3 Å². The first kappa shape index (κ1) is 26.6. The Kier molecular flexibility index (Phi) is 8.52. The molecule has 0 bridgehead atoms. The van der Waals surface area contributed by atoms with E-state index in [0.29, 0.717) is 0 Å². The highest BCUT2D eigenvalue weighted by molar-refractivity contribution is 5.83. The van der Waals surface area contributed by atoms with Gasteiger partial charge in [-0.15, -0.1) is 0 Å². The highest BCUT2D eigenvalue weighted by Crippen LogP contribution is 2.43. The Morgan fingerprint density at radius 1 is 1.09 bits per heavy atom. The molecule has 2 atom stereocenters. The van der Waals surface area contributed by atoms with Crippen molar-refractivity contribution >= 4 is 34.8 Å².